The Morgan fingerprint density at radius 3 is 1.57 bits per heavy atom. The quantitative estimate of drug-likeness (QED) is 0.219. The highest BCUT2D eigenvalue weighted by Crippen LogP contribution is 2.44. The highest BCUT2D eigenvalue weighted by atomic mass is 32.2. The third-order valence-corrected chi connectivity index (χ3v) is 7.31. The Hall–Kier alpha value is -0.630. The third kappa shape index (κ3) is 8.48. The molecule has 0 atom stereocenters. The molecule has 0 fully saturated rings. The second-order valence-corrected chi connectivity index (χ2v) is 10.9. The second-order valence-electron chi connectivity index (χ2n) is 10.1. The molecule has 0 saturated carbocycles. The Kier molecular flexibility index (Phi) is 13.2. The fourth-order valence-corrected chi connectivity index (χ4v) is 5.75. The summed E-state index contributed by atoms with van der Waals surface area (Å²) < 4.78 is 0. The molecule has 0 bridgehead atoms. The predicted octanol–water partition coefficient (Wildman–Crippen LogP) is 9.53. The van der Waals surface area contributed by atoms with Crippen LogP contribution in [-0.4, -0.2) is 11.4 Å². The van der Waals surface area contributed by atoms with Crippen LogP contribution < -0.4 is 0 Å². The van der Waals surface area contributed by atoms with E-state index in [4.69, 9.17) is 0 Å². The first-order valence-electron chi connectivity index (χ1n) is 12.7. The highest BCUT2D eigenvalue weighted by Gasteiger charge is 2.27. The fourth-order valence-electron chi connectivity index (χ4n) is 4.80. The van der Waals surface area contributed by atoms with E-state index in [1.807, 2.05) is 11.8 Å². The molecule has 2 heteroatoms. The van der Waals surface area contributed by atoms with E-state index in [0.717, 1.165) is 12.8 Å². The minimum absolute atomic E-state index is 0.0309. The van der Waals surface area contributed by atoms with Crippen molar-refractivity contribution in [3.8, 4) is 5.75 Å². The van der Waals surface area contributed by atoms with Crippen molar-refractivity contribution in [3.05, 3.63) is 22.3 Å². The number of hydrogen-bond acceptors (Lipinski definition) is 2. The molecule has 0 amide bonds. The van der Waals surface area contributed by atoms with Crippen LogP contribution >= 0.6 is 11.8 Å². The number of rotatable bonds is 15. The number of hydrogen-bond donors (Lipinski definition) is 1. The summed E-state index contributed by atoms with van der Waals surface area (Å²) in [5.41, 5.74) is 5.24. The Morgan fingerprint density at radius 2 is 1.13 bits per heavy atom. The summed E-state index contributed by atoms with van der Waals surface area (Å²) in [7, 11) is 0. The van der Waals surface area contributed by atoms with Crippen molar-refractivity contribution >= 4 is 11.8 Å². The van der Waals surface area contributed by atoms with Crippen molar-refractivity contribution in [1.82, 2.24) is 0 Å². The Labute approximate surface area is 192 Å². The van der Waals surface area contributed by atoms with E-state index >= 15 is 0 Å². The summed E-state index contributed by atoms with van der Waals surface area (Å²) in [6.07, 6.45) is 20.1. The molecule has 0 aliphatic heterocycles. The molecule has 30 heavy (non-hydrogen) atoms. The smallest absolute Gasteiger partial charge is 0.123 e. The first kappa shape index (κ1) is 27.4. The summed E-state index contributed by atoms with van der Waals surface area (Å²) in [5, 5.41) is 11.3. The molecule has 1 nitrogen and oxygen atoms in total. The molecule has 0 spiro atoms. The summed E-state index contributed by atoms with van der Waals surface area (Å²) in [4.78, 5) is 1.38. The zero-order valence-electron chi connectivity index (χ0n) is 21.3. The highest BCUT2D eigenvalue weighted by molar-refractivity contribution is 7.98. The zero-order valence-corrected chi connectivity index (χ0v) is 22.1. The molecule has 174 valence electrons. The normalized spacial score (nSPS) is 12.0. The summed E-state index contributed by atoms with van der Waals surface area (Å²) in [6, 6.07) is 0. The molecular weight excluding hydrogens is 384 g/mol. The van der Waals surface area contributed by atoms with Gasteiger partial charge in [-0.1, -0.05) is 98.8 Å². The molecule has 0 aromatic heterocycles. The Morgan fingerprint density at radius 1 is 0.700 bits per heavy atom. The maximum atomic E-state index is 11.3. The van der Waals surface area contributed by atoms with Crippen molar-refractivity contribution < 1.29 is 5.11 Å². The molecule has 0 unspecified atom stereocenters. The van der Waals surface area contributed by atoms with E-state index in [-0.39, 0.29) is 5.41 Å². The van der Waals surface area contributed by atoms with Crippen molar-refractivity contribution in [3.63, 3.8) is 0 Å². The average Bonchev–Trinajstić information content (AvgIpc) is 2.68. The molecule has 0 heterocycles. The van der Waals surface area contributed by atoms with E-state index in [0.29, 0.717) is 5.75 Å². The maximum Gasteiger partial charge on any atom is 0.123 e. The van der Waals surface area contributed by atoms with Crippen molar-refractivity contribution in [2.75, 3.05) is 6.26 Å². The van der Waals surface area contributed by atoms with Gasteiger partial charge in [0.1, 0.15) is 5.75 Å². The van der Waals surface area contributed by atoms with Crippen LogP contribution in [0.3, 0.4) is 0 Å². The van der Waals surface area contributed by atoms with Gasteiger partial charge in [0.25, 0.3) is 0 Å². The van der Waals surface area contributed by atoms with Crippen molar-refractivity contribution in [1.29, 1.82) is 0 Å². The van der Waals surface area contributed by atoms with Gasteiger partial charge < -0.3 is 5.11 Å². The number of phenolic OH excluding ortho intramolecular Hbond substituents is 1. The van der Waals surface area contributed by atoms with Gasteiger partial charge in [-0.25, -0.2) is 0 Å². The predicted molar refractivity (Wildman–Crippen MR) is 137 cm³/mol. The van der Waals surface area contributed by atoms with E-state index < -0.39 is 0 Å². The number of unbranched alkanes of at least 4 members (excludes halogenated alkanes) is 10. The lowest BCUT2D eigenvalue weighted by Gasteiger charge is -2.29. The minimum Gasteiger partial charge on any atom is -0.507 e. The van der Waals surface area contributed by atoms with Crippen LogP contribution in [0.1, 0.15) is 134 Å². The summed E-state index contributed by atoms with van der Waals surface area (Å²) in [6.45, 7) is 13.5. The van der Waals surface area contributed by atoms with Gasteiger partial charge in [0.15, 0.2) is 0 Å². The van der Waals surface area contributed by atoms with Gasteiger partial charge in [0.05, 0.1) is 0 Å². The monoisotopic (exact) mass is 434 g/mol. The Balaban J connectivity index is 3.06. The molecule has 1 aromatic rings. The van der Waals surface area contributed by atoms with Gasteiger partial charge in [0, 0.05) is 16.0 Å². The van der Waals surface area contributed by atoms with Crippen molar-refractivity contribution in [2.24, 2.45) is 0 Å². The number of benzene rings is 1. The van der Waals surface area contributed by atoms with Crippen LogP contribution in [0.2, 0.25) is 0 Å². The molecule has 1 N–H and O–H groups in total. The van der Waals surface area contributed by atoms with Gasteiger partial charge >= 0.3 is 0 Å². The van der Waals surface area contributed by atoms with E-state index in [2.05, 4.69) is 47.8 Å². The number of aromatic hydroxyl groups is 1. The van der Waals surface area contributed by atoms with Crippen LogP contribution in [0.15, 0.2) is 4.90 Å². The first-order chi connectivity index (χ1) is 14.3. The van der Waals surface area contributed by atoms with Crippen LogP contribution in [0, 0.1) is 6.92 Å². The standard InChI is InChI=1S/C28H50OS/c1-8-10-12-14-16-18-20-23-22(3)25(28(4,5)6)26(29)24(27(23)30-7)21-19-17-15-13-11-9-2/h29H,8-21H2,1-7H3. The van der Waals surface area contributed by atoms with Gasteiger partial charge in [-0.15, -0.1) is 11.8 Å². The van der Waals surface area contributed by atoms with Crippen LogP contribution in [0.5, 0.6) is 5.75 Å². The van der Waals surface area contributed by atoms with Crippen LogP contribution in [-0.2, 0) is 18.3 Å². The topological polar surface area (TPSA) is 20.2 Å². The van der Waals surface area contributed by atoms with Gasteiger partial charge in [-0.3, -0.25) is 0 Å². The lowest BCUT2D eigenvalue weighted by molar-refractivity contribution is 0.433. The molecular formula is C28H50OS. The molecule has 0 saturated heterocycles. The second kappa shape index (κ2) is 14.4. The van der Waals surface area contributed by atoms with Gasteiger partial charge in [-0.05, 0) is 55.4 Å². The molecule has 0 aliphatic rings. The van der Waals surface area contributed by atoms with Crippen LogP contribution in [0.4, 0.5) is 0 Å². The fraction of sp³-hybridized carbons (Fsp3) is 0.786. The SMILES string of the molecule is CCCCCCCCc1c(C)c(C(C)(C)C)c(O)c(CCCCCCCC)c1SC. The summed E-state index contributed by atoms with van der Waals surface area (Å²) in [5.74, 6) is 0.588. The minimum atomic E-state index is -0.0309. The Bertz CT molecular complexity index is 569. The van der Waals surface area contributed by atoms with E-state index in [1.54, 1.807) is 0 Å². The lowest BCUT2D eigenvalue weighted by atomic mass is 9.79. The molecule has 0 radical (unpaired) electrons. The number of thioether (sulfide) groups is 1. The average molecular weight is 435 g/mol. The molecule has 1 aromatic carbocycles. The van der Waals surface area contributed by atoms with E-state index in [9.17, 15) is 5.11 Å². The van der Waals surface area contributed by atoms with Gasteiger partial charge in [0.2, 0.25) is 0 Å². The molecule has 0 aliphatic carbocycles. The summed E-state index contributed by atoms with van der Waals surface area (Å²) >= 11 is 1.85. The third-order valence-electron chi connectivity index (χ3n) is 6.41. The maximum absolute atomic E-state index is 11.3. The van der Waals surface area contributed by atoms with Crippen molar-refractivity contribution in [2.45, 2.75) is 142 Å². The zero-order chi connectivity index (χ0) is 22.6. The first-order valence-corrected chi connectivity index (χ1v) is 13.9. The van der Waals surface area contributed by atoms with Crippen LogP contribution in [0.25, 0.3) is 0 Å². The molecule has 1 rings (SSSR count). The largest absolute Gasteiger partial charge is 0.507 e. The lowest BCUT2D eigenvalue weighted by Crippen LogP contribution is -2.17. The van der Waals surface area contributed by atoms with E-state index in [1.165, 1.54) is 104 Å². The van der Waals surface area contributed by atoms with Gasteiger partial charge in [-0.2, -0.15) is 0 Å². The number of phenols is 1.